The molecule has 32 heavy (non-hydrogen) atoms. The molecule has 0 bridgehead atoms. The van der Waals surface area contributed by atoms with Crippen LogP contribution in [0.1, 0.15) is 22.0 Å². The SMILES string of the molecule is COC1C(c2cnn3c(NC(=O)c4ccccc4)ncnc23)OC(COP(=O)(O)O)C1O. The molecule has 1 amide bonds. The van der Waals surface area contributed by atoms with Crippen molar-refractivity contribution in [1.29, 1.82) is 0 Å². The number of rotatable bonds is 7. The van der Waals surface area contributed by atoms with Crippen molar-refractivity contribution in [2.45, 2.75) is 24.4 Å². The first kappa shape index (κ1) is 22.4. The molecule has 4 rings (SSSR count). The van der Waals surface area contributed by atoms with E-state index in [9.17, 15) is 14.5 Å². The summed E-state index contributed by atoms with van der Waals surface area (Å²) in [5.41, 5.74) is 1.15. The third kappa shape index (κ3) is 4.54. The van der Waals surface area contributed by atoms with Gasteiger partial charge in [-0.3, -0.25) is 14.6 Å². The summed E-state index contributed by atoms with van der Waals surface area (Å²) in [5, 5.41) is 17.4. The number of aromatic nitrogens is 4. The molecule has 2 aromatic heterocycles. The summed E-state index contributed by atoms with van der Waals surface area (Å²) in [6, 6.07) is 8.56. The molecule has 3 aromatic rings. The van der Waals surface area contributed by atoms with Gasteiger partial charge in [0.1, 0.15) is 30.7 Å². The van der Waals surface area contributed by atoms with E-state index in [2.05, 4.69) is 24.9 Å². The fourth-order valence-corrected chi connectivity index (χ4v) is 3.78. The Kier molecular flexibility index (Phi) is 6.31. The Hall–Kier alpha value is -2.77. The number of aliphatic hydroxyl groups is 1. The van der Waals surface area contributed by atoms with Gasteiger partial charge in [0, 0.05) is 18.2 Å². The van der Waals surface area contributed by atoms with Gasteiger partial charge < -0.3 is 24.4 Å². The van der Waals surface area contributed by atoms with Crippen LogP contribution in [-0.2, 0) is 18.6 Å². The van der Waals surface area contributed by atoms with Crippen molar-refractivity contribution in [3.63, 3.8) is 0 Å². The van der Waals surface area contributed by atoms with E-state index in [1.165, 1.54) is 24.1 Å². The van der Waals surface area contributed by atoms with Gasteiger partial charge in [-0.1, -0.05) is 18.2 Å². The molecular formula is C18H20N5O8P. The molecule has 1 fully saturated rings. The highest BCUT2D eigenvalue weighted by atomic mass is 31.2. The molecule has 0 saturated carbocycles. The average Bonchev–Trinajstić information content (AvgIpc) is 3.33. The summed E-state index contributed by atoms with van der Waals surface area (Å²) in [7, 11) is -3.38. The number of carbonyl (C=O) groups is 1. The Morgan fingerprint density at radius 3 is 2.72 bits per heavy atom. The second kappa shape index (κ2) is 9.00. The van der Waals surface area contributed by atoms with Gasteiger partial charge in [-0.05, 0) is 12.1 Å². The van der Waals surface area contributed by atoms with Crippen molar-refractivity contribution in [3.05, 3.63) is 54.0 Å². The van der Waals surface area contributed by atoms with E-state index in [-0.39, 0.29) is 11.9 Å². The molecule has 170 valence electrons. The lowest BCUT2D eigenvalue weighted by Gasteiger charge is -2.17. The lowest BCUT2D eigenvalue weighted by atomic mass is 10.0. The molecule has 0 spiro atoms. The molecule has 1 saturated heterocycles. The van der Waals surface area contributed by atoms with E-state index < -0.39 is 38.8 Å². The largest absolute Gasteiger partial charge is 0.469 e. The average molecular weight is 465 g/mol. The molecule has 4 unspecified atom stereocenters. The highest BCUT2D eigenvalue weighted by molar-refractivity contribution is 7.46. The molecular weight excluding hydrogens is 445 g/mol. The number of aliphatic hydroxyl groups excluding tert-OH is 1. The van der Waals surface area contributed by atoms with Crippen LogP contribution in [0, 0.1) is 0 Å². The first-order valence-corrected chi connectivity index (χ1v) is 10.9. The Morgan fingerprint density at radius 1 is 1.28 bits per heavy atom. The predicted molar refractivity (Wildman–Crippen MR) is 108 cm³/mol. The quantitative estimate of drug-likeness (QED) is 0.353. The van der Waals surface area contributed by atoms with Crippen molar-refractivity contribution < 1.29 is 38.3 Å². The van der Waals surface area contributed by atoms with Crippen molar-refractivity contribution in [3.8, 4) is 0 Å². The zero-order valence-electron chi connectivity index (χ0n) is 16.7. The fourth-order valence-electron chi connectivity index (χ4n) is 3.44. The topological polar surface area (TPSA) is 178 Å². The zero-order chi connectivity index (χ0) is 22.9. The van der Waals surface area contributed by atoms with Crippen LogP contribution < -0.4 is 5.32 Å². The van der Waals surface area contributed by atoms with Gasteiger partial charge in [0.15, 0.2) is 5.65 Å². The third-order valence-electron chi connectivity index (χ3n) is 4.92. The molecule has 13 nitrogen and oxygen atoms in total. The van der Waals surface area contributed by atoms with Gasteiger partial charge in [-0.2, -0.15) is 9.61 Å². The minimum Gasteiger partial charge on any atom is -0.387 e. The first-order valence-electron chi connectivity index (χ1n) is 9.40. The lowest BCUT2D eigenvalue weighted by molar-refractivity contribution is -0.0225. The first-order chi connectivity index (χ1) is 15.3. The van der Waals surface area contributed by atoms with Crippen molar-refractivity contribution in [1.82, 2.24) is 19.6 Å². The van der Waals surface area contributed by atoms with E-state index in [4.69, 9.17) is 19.3 Å². The van der Waals surface area contributed by atoms with E-state index in [0.29, 0.717) is 16.8 Å². The summed E-state index contributed by atoms with van der Waals surface area (Å²) in [5.74, 6) is -0.274. The van der Waals surface area contributed by atoms with Crippen molar-refractivity contribution >= 4 is 25.3 Å². The smallest absolute Gasteiger partial charge is 0.387 e. The van der Waals surface area contributed by atoms with Crippen LogP contribution in [0.2, 0.25) is 0 Å². The third-order valence-corrected chi connectivity index (χ3v) is 5.40. The monoisotopic (exact) mass is 465 g/mol. The minimum atomic E-state index is -4.75. The molecule has 0 aliphatic carbocycles. The standard InChI is InChI=1S/C18H20N5O8P/c1-29-15-13(24)12(8-30-32(26,27)28)31-14(15)11-7-21-23-16(11)19-9-20-18(23)22-17(25)10-5-3-2-4-6-10/h2-7,9,12-15,24H,8H2,1H3,(H2,26,27,28)(H,19,20,22,25). The van der Waals surface area contributed by atoms with Gasteiger partial charge in [0.2, 0.25) is 5.95 Å². The van der Waals surface area contributed by atoms with Gasteiger partial charge >= 0.3 is 7.82 Å². The molecule has 4 atom stereocenters. The number of anilines is 1. The van der Waals surface area contributed by atoms with Crippen LogP contribution in [0.15, 0.2) is 42.9 Å². The molecule has 1 aromatic carbocycles. The summed E-state index contributed by atoms with van der Waals surface area (Å²) < 4.78 is 27.9. The van der Waals surface area contributed by atoms with Crippen molar-refractivity contribution in [2.75, 3.05) is 19.0 Å². The van der Waals surface area contributed by atoms with Crippen LogP contribution in [-0.4, -0.2) is 72.4 Å². The number of phosphoric acid groups is 1. The Labute approximate surface area is 181 Å². The zero-order valence-corrected chi connectivity index (χ0v) is 17.6. The van der Waals surface area contributed by atoms with Crippen molar-refractivity contribution in [2.24, 2.45) is 0 Å². The molecule has 1 aliphatic rings. The number of nitrogens with one attached hydrogen (secondary N) is 1. The summed E-state index contributed by atoms with van der Waals surface area (Å²) >= 11 is 0. The maximum atomic E-state index is 12.5. The number of fused-ring (bicyclic) bond motifs is 1. The van der Waals surface area contributed by atoms with Gasteiger partial charge in [-0.25, -0.2) is 14.5 Å². The number of hydrogen-bond acceptors (Lipinski definition) is 9. The molecule has 1 aliphatic heterocycles. The number of ether oxygens (including phenoxy) is 2. The Balaban J connectivity index is 1.60. The second-order valence-electron chi connectivity index (χ2n) is 6.93. The minimum absolute atomic E-state index is 0.115. The summed E-state index contributed by atoms with van der Waals surface area (Å²) in [6.45, 7) is -0.547. The van der Waals surface area contributed by atoms with Crippen LogP contribution in [0.4, 0.5) is 5.95 Å². The number of phosphoric ester groups is 1. The Bertz CT molecular complexity index is 1150. The molecule has 3 heterocycles. The van der Waals surface area contributed by atoms with Crippen LogP contribution in [0.3, 0.4) is 0 Å². The van der Waals surface area contributed by atoms with Crippen LogP contribution >= 0.6 is 7.82 Å². The molecule has 4 N–H and O–H groups in total. The molecule has 14 heteroatoms. The van der Waals surface area contributed by atoms with Gasteiger partial charge in [0.25, 0.3) is 5.91 Å². The number of nitrogens with zero attached hydrogens (tertiary/aromatic N) is 4. The molecule has 0 radical (unpaired) electrons. The number of amides is 1. The van der Waals surface area contributed by atoms with E-state index in [1.807, 2.05) is 0 Å². The maximum Gasteiger partial charge on any atom is 0.469 e. The number of benzene rings is 1. The number of carbonyl (C=O) groups excluding carboxylic acids is 1. The second-order valence-corrected chi connectivity index (χ2v) is 8.16. The van der Waals surface area contributed by atoms with Gasteiger partial charge in [-0.15, -0.1) is 0 Å². The van der Waals surface area contributed by atoms with E-state index >= 15 is 0 Å². The van der Waals surface area contributed by atoms with Crippen LogP contribution in [0.25, 0.3) is 5.65 Å². The summed E-state index contributed by atoms with van der Waals surface area (Å²) in [4.78, 5) is 38.6. The Morgan fingerprint density at radius 2 is 2.03 bits per heavy atom. The van der Waals surface area contributed by atoms with E-state index in [1.54, 1.807) is 30.3 Å². The van der Waals surface area contributed by atoms with E-state index in [0.717, 1.165) is 0 Å². The van der Waals surface area contributed by atoms with Gasteiger partial charge in [0.05, 0.1) is 12.8 Å². The highest BCUT2D eigenvalue weighted by Gasteiger charge is 2.46. The predicted octanol–water partition coefficient (Wildman–Crippen LogP) is 0.302. The highest BCUT2D eigenvalue weighted by Crippen LogP contribution is 2.41. The number of methoxy groups -OCH3 is 1. The fraction of sp³-hybridized carbons (Fsp3) is 0.333. The van der Waals surface area contributed by atoms with Crippen LogP contribution in [0.5, 0.6) is 0 Å². The maximum absolute atomic E-state index is 12.5. The number of hydrogen-bond donors (Lipinski definition) is 4. The normalized spacial score (nSPS) is 23.5. The summed E-state index contributed by atoms with van der Waals surface area (Å²) in [6.07, 6.45) is -1.38. The lowest BCUT2D eigenvalue weighted by Crippen LogP contribution is -2.34.